The van der Waals surface area contributed by atoms with Gasteiger partial charge in [0.25, 0.3) is 6.43 Å². The summed E-state index contributed by atoms with van der Waals surface area (Å²) in [4.78, 5) is 3.70. The monoisotopic (exact) mass is 267 g/mol. The van der Waals surface area contributed by atoms with Gasteiger partial charge in [-0.15, -0.1) is 0 Å². The molecule has 0 saturated heterocycles. The van der Waals surface area contributed by atoms with E-state index in [4.69, 9.17) is 9.47 Å². The Morgan fingerprint density at radius 2 is 2.00 bits per heavy atom. The summed E-state index contributed by atoms with van der Waals surface area (Å²) in [6.07, 6.45) is -1.59. The van der Waals surface area contributed by atoms with E-state index in [1.807, 2.05) is 0 Å². The number of hydrogen-bond donors (Lipinski definition) is 0. The van der Waals surface area contributed by atoms with Crippen molar-refractivity contribution in [3.63, 3.8) is 0 Å². The van der Waals surface area contributed by atoms with Gasteiger partial charge >= 0.3 is 0 Å². The van der Waals surface area contributed by atoms with Crippen LogP contribution in [0, 0.1) is 0 Å². The third kappa shape index (κ3) is 1.95. The fraction of sp³-hybridized carbons (Fsp3) is 0.375. The first kappa shape index (κ1) is 11.2. The lowest BCUT2D eigenvalue weighted by molar-refractivity contribution is 0.146. The predicted molar refractivity (Wildman–Crippen MR) is 50.0 cm³/mol. The molecule has 0 aliphatic rings. The SMILES string of the molecule is COc1ncc(C(F)F)c(OC)c1Br. The minimum atomic E-state index is -2.63. The van der Waals surface area contributed by atoms with Gasteiger partial charge in [-0.2, -0.15) is 0 Å². The summed E-state index contributed by atoms with van der Waals surface area (Å²) in [5.74, 6) is 0.262. The zero-order valence-corrected chi connectivity index (χ0v) is 9.14. The Kier molecular flexibility index (Phi) is 3.62. The first-order valence-electron chi connectivity index (χ1n) is 3.66. The van der Waals surface area contributed by atoms with Gasteiger partial charge in [0.15, 0.2) is 0 Å². The zero-order valence-electron chi connectivity index (χ0n) is 7.55. The van der Waals surface area contributed by atoms with Gasteiger partial charge in [0, 0.05) is 6.20 Å². The van der Waals surface area contributed by atoms with Gasteiger partial charge in [-0.3, -0.25) is 0 Å². The largest absolute Gasteiger partial charge is 0.495 e. The van der Waals surface area contributed by atoms with Crippen LogP contribution in [-0.2, 0) is 0 Å². The highest BCUT2D eigenvalue weighted by atomic mass is 79.9. The molecule has 0 atom stereocenters. The first-order chi connectivity index (χ1) is 6.61. The number of halogens is 3. The molecule has 0 unspecified atom stereocenters. The van der Waals surface area contributed by atoms with Crippen LogP contribution in [0.15, 0.2) is 10.7 Å². The second-order valence-electron chi connectivity index (χ2n) is 2.37. The lowest BCUT2D eigenvalue weighted by Crippen LogP contribution is -1.98. The quantitative estimate of drug-likeness (QED) is 0.844. The van der Waals surface area contributed by atoms with Crippen LogP contribution < -0.4 is 9.47 Å². The first-order valence-corrected chi connectivity index (χ1v) is 4.45. The molecule has 1 aromatic heterocycles. The van der Waals surface area contributed by atoms with E-state index in [0.717, 1.165) is 6.20 Å². The predicted octanol–water partition coefficient (Wildman–Crippen LogP) is 2.80. The van der Waals surface area contributed by atoms with Gasteiger partial charge in [0.2, 0.25) is 5.88 Å². The molecule has 6 heteroatoms. The third-order valence-electron chi connectivity index (χ3n) is 1.60. The Bertz CT molecular complexity index is 333. The van der Waals surface area contributed by atoms with Crippen LogP contribution in [0.3, 0.4) is 0 Å². The van der Waals surface area contributed by atoms with E-state index < -0.39 is 6.43 Å². The van der Waals surface area contributed by atoms with Crippen LogP contribution >= 0.6 is 15.9 Å². The molecule has 0 N–H and O–H groups in total. The molecule has 0 fully saturated rings. The zero-order chi connectivity index (χ0) is 10.7. The number of hydrogen-bond acceptors (Lipinski definition) is 3. The summed E-state index contributed by atoms with van der Waals surface area (Å²) in [5, 5.41) is 0. The molecule has 1 heterocycles. The number of pyridine rings is 1. The van der Waals surface area contributed by atoms with E-state index in [9.17, 15) is 8.78 Å². The van der Waals surface area contributed by atoms with Crippen LogP contribution in [0.25, 0.3) is 0 Å². The summed E-state index contributed by atoms with van der Waals surface area (Å²) in [6.45, 7) is 0. The molecule has 0 aliphatic heterocycles. The van der Waals surface area contributed by atoms with Gasteiger partial charge in [0.05, 0.1) is 19.8 Å². The van der Waals surface area contributed by atoms with Gasteiger partial charge < -0.3 is 9.47 Å². The highest BCUT2D eigenvalue weighted by Crippen LogP contribution is 2.39. The number of nitrogens with zero attached hydrogens (tertiary/aromatic N) is 1. The summed E-state index contributed by atoms with van der Waals surface area (Å²) >= 11 is 3.07. The molecular formula is C8H8BrF2NO2. The molecule has 0 spiro atoms. The maximum Gasteiger partial charge on any atom is 0.268 e. The molecule has 3 nitrogen and oxygen atoms in total. The summed E-state index contributed by atoms with van der Waals surface area (Å²) in [7, 11) is 2.71. The molecule has 78 valence electrons. The average molecular weight is 268 g/mol. The number of alkyl halides is 2. The summed E-state index contributed by atoms with van der Waals surface area (Å²) in [6, 6.07) is 0. The van der Waals surface area contributed by atoms with Crippen molar-refractivity contribution in [1.82, 2.24) is 4.98 Å². The van der Waals surface area contributed by atoms with Gasteiger partial charge in [-0.05, 0) is 15.9 Å². The Morgan fingerprint density at radius 3 is 2.43 bits per heavy atom. The van der Waals surface area contributed by atoms with E-state index in [1.165, 1.54) is 14.2 Å². The molecule has 0 bridgehead atoms. The van der Waals surface area contributed by atoms with Gasteiger partial charge in [-0.25, -0.2) is 13.8 Å². The lowest BCUT2D eigenvalue weighted by atomic mass is 10.2. The number of methoxy groups -OCH3 is 2. The van der Waals surface area contributed by atoms with Gasteiger partial charge in [0.1, 0.15) is 10.2 Å². The van der Waals surface area contributed by atoms with Crippen molar-refractivity contribution in [2.75, 3.05) is 14.2 Å². The standard InChI is InChI=1S/C8H8BrF2NO2/c1-13-6-4(7(10)11)3-12-8(14-2)5(6)9/h3,7H,1-2H3. The van der Waals surface area contributed by atoms with Crippen molar-refractivity contribution in [2.45, 2.75) is 6.43 Å². The van der Waals surface area contributed by atoms with E-state index in [1.54, 1.807) is 0 Å². The Hall–Kier alpha value is -0.910. The van der Waals surface area contributed by atoms with Crippen LogP contribution in [-0.4, -0.2) is 19.2 Å². The number of rotatable bonds is 3. The summed E-state index contributed by atoms with van der Waals surface area (Å²) < 4.78 is 34.9. The molecule has 0 aliphatic carbocycles. The molecule has 0 saturated carbocycles. The Morgan fingerprint density at radius 1 is 1.36 bits per heavy atom. The molecule has 1 rings (SSSR count). The fourth-order valence-corrected chi connectivity index (χ4v) is 1.63. The minimum Gasteiger partial charge on any atom is -0.495 e. The van der Waals surface area contributed by atoms with E-state index in [2.05, 4.69) is 20.9 Å². The molecule has 0 radical (unpaired) electrons. The fourth-order valence-electron chi connectivity index (χ4n) is 0.973. The van der Waals surface area contributed by atoms with Gasteiger partial charge in [-0.1, -0.05) is 0 Å². The number of aromatic nitrogens is 1. The minimum absolute atomic E-state index is 0.0480. The van der Waals surface area contributed by atoms with E-state index >= 15 is 0 Å². The van der Waals surface area contributed by atoms with Crippen LogP contribution in [0.1, 0.15) is 12.0 Å². The maximum absolute atomic E-state index is 12.4. The summed E-state index contributed by atoms with van der Waals surface area (Å²) in [5.41, 5.74) is -0.264. The highest BCUT2D eigenvalue weighted by Gasteiger charge is 2.20. The Balaban J connectivity index is 3.28. The third-order valence-corrected chi connectivity index (χ3v) is 2.30. The van der Waals surface area contributed by atoms with E-state index in [-0.39, 0.29) is 17.2 Å². The normalized spacial score (nSPS) is 10.4. The second kappa shape index (κ2) is 4.54. The maximum atomic E-state index is 12.4. The molecule has 1 aromatic rings. The van der Waals surface area contributed by atoms with Crippen molar-refractivity contribution in [1.29, 1.82) is 0 Å². The van der Waals surface area contributed by atoms with Crippen LogP contribution in [0.2, 0.25) is 0 Å². The lowest BCUT2D eigenvalue weighted by Gasteiger charge is -2.11. The number of ether oxygens (including phenoxy) is 2. The van der Waals surface area contributed by atoms with Crippen molar-refractivity contribution >= 4 is 15.9 Å². The average Bonchev–Trinajstić information content (AvgIpc) is 2.17. The molecule has 0 amide bonds. The smallest absolute Gasteiger partial charge is 0.268 e. The topological polar surface area (TPSA) is 31.4 Å². The van der Waals surface area contributed by atoms with Crippen LogP contribution in [0.5, 0.6) is 11.6 Å². The second-order valence-corrected chi connectivity index (χ2v) is 3.16. The Labute approximate surface area is 88.2 Å². The van der Waals surface area contributed by atoms with E-state index in [0.29, 0.717) is 4.47 Å². The van der Waals surface area contributed by atoms with Crippen molar-refractivity contribution < 1.29 is 18.3 Å². The van der Waals surface area contributed by atoms with Crippen molar-refractivity contribution in [3.8, 4) is 11.6 Å². The van der Waals surface area contributed by atoms with Crippen LogP contribution in [0.4, 0.5) is 8.78 Å². The highest BCUT2D eigenvalue weighted by molar-refractivity contribution is 9.10. The van der Waals surface area contributed by atoms with Crippen molar-refractivity contribution in [2.24, 2.45) is 0 Å². The molecule has 14 heavy (non-hydrogen) atoms. The van der Waals surface area contributed by atoms with Crippen molar-refractivity contribution in [3.05, 3.63) is 16.2 Å². The molecular weight excluding hydrogens is 260 g/mol. The molecule has 0 aromatic carbocycles.